The Kier molecular flexibility index (Phi) is 4.19. The maximum atomic E-state index is 11.7. The third-order valence-electron chi connectivity index (χ3n) is 2.89. The summed E-state index contributed by atoms with van der Waals surface area (Å²) in [5.74, 6) is 1.03. The third kappa shape index (κ3) is 2.72. The highest BCUT2D eigenvalue weighted by Gasteiger charge is 2.30. The number of hydrogen-bond donors (Lipinski definition) is 2. The van der Waals surface area contributed by atoms with Crippen LogP contribution in [0.4, 0.5) is 11.6 Å². The highest BCUT2D eigenvalue weighted by atomic mass is 16.5. The van der Waals surface area contributed by atoms with E-state index in [0.717, 1.165) is 0 Å². The Morgan fingerprint density at radius 2 is 2.15 bits per heavy atom. The van der Waals surface area contributed by atoms with Crippen molar-refractivity contribution < 1.29 is 14.3 Å². The molecular weight excluding hydrogens is 260 g/mol. The maximum Gasteiger partial charge on any atom is 0.263 e. The van der Waals surface area contributed by atoms with Crippen LogP contribution >= 0.6 is 0 Å². The molecule has 1 aromatic rings. The number of pyridine rings is 1. The van der Waals surface area contributed by atoms with Gasteiger partial charge in [-0.05, 0) is 12.1 Å². The molecule has 2 amide bonds. The maximum absolute atomic E-state index is 11.7. The minimum absolute atomic E-state index is 0.0124. The molecule has 20 heavy (non-hydrogen) atoms. The average molecular weight is 278 g/mol. The number of hydrogen-bond acceptors (Lipinski definition) is 5. The van der Waals surface area contributed by atoms with E-state index in [1.54, 1.807) is 12.1 Å². The molecule has 0 aliphatic carbocycles. The van der Waals surface area contributed by atoms with Gasteiger partial charge in [0.05, 0.1) is 0 Å². The van der Waals surface area contributed by atoms with Crippen molar-refractivity contribution in [2.45, 2.75) is 26.3 Å². The van der Waals surface area contributed by atoms with Gasteiger partial charge in [-0.1, -0.05) is 13.8 Å². The van der Waals surface area contributed by atoms with Gasteiger partial charge in [0, 0.05) is 19.0 Å². The van der Waals surface area contributed by atoms with Crippen molar-refractivity contribution in [3.63, 3.8) is 0 Å². The van der Waals surface area contributed by atoms with Crippen molar-refractivity contribution in [3.05, 3.63) is 12.1 Å². The van der Waals surface area contributed by atoms with E-state index < -0.39 is 0 Å². The van der Waals surface area contributed by atoms with E-state index in [1.165, 1.54) is 4.90 Å². The first-order valence-corrected chi connectivity index (χ1v) is 6.63. The summed E-state index contributed by atoms with van der Waals surface area (Å²) in [5.41, 5.74) is 5.73. The molecule has 0 bridgehead atoms. The summed E-state index contributed by atoms with van der Waals surface area (Å²) in [6, 6.07) is 3.21. The summed E-state index contributed by atoms with van der Waals surface area (Å²) < 4.78 is 5.20. The van der Waals surface area contributed by atoms with Crippen molar-refractivity contribution in [2.24, 2.45) is 5.73 Å². The molecule has 1 fully saturated rings. The third-order valence-corrected chi connectivity index (χ3v) is 2.89. The Labute approximate surface area is 117 Å². The highest BCUT2D eigenvalue weighted by molar-refractivity contribution is 5.97. The van der Waals surface area contributed by atoms with E-state index in [2.05, 4.69) is 10.3 Å². The summed E-state index contributed by atoms with van der Waals surface area (Å²) in [7, 11) is 0. The zero-order valence-corrected chi connectivity index (χ0v) is 11.5. The molecule has 7 heteroatoms. The number of fused-ring (bicyclic) bond motifs is 1. The topological polar surface area (TPSA) is 97.5 Å². The van der Waals surface area contributed by atoms with Crippen molar-refractivity contribution >= 4 is 23.5 Å². The Hall–Kier alpha value is -2.15. The number of nitrogens with one attached hydrogen (secondary N) is 1. The second-order valence-electron chi connectivity index (χ2n) is 4.32. The summed E-state index contributed by atoms with van der Waals surface area (Å²) in [4.78, 5) is 28.6. The second kappa shape index (κ2) is 5.87. The molecule has 1 aromatic heterocycles. The normalized spacial score (nSPS) is 20.6. The molecule has 7 nitrogen and oxygen atoms in total. The van der Waals surface area contributed by atoms with Gasteiger partial charge in [-0.2, -0.15) is 0 Å². The number of carbonyl (C=O) groups is 2. The quantitative estimate of drug-likeness (QED) is 0.779. The minimum Gasteiger partial charge on any atom is -0.480 e. The Bertz CT molecular complexity index is 532. The molecule has 3 rings (SSSR count). The molecule has 2 aliphatic heterocycles. The van der Waals surface area contributed by atoms with Gasteiger partial charge in [-0.25, -0.2) is 4.98 Å². The van der Waals surface area contributed by atoms with Crippen LogP contribution in [0.5, 0.6) is 5.75 Å². The van der Waals surface area contributed by atoms with E-state index in [4.69, 9.17) is 10.5 Å². The van der Waals surface area contributed by atoms with Gasteiger partial charge in [-0.15, -0.1) is 0 Å². The standard InChI is InChI=1S/C11H12N4O3.C2H6/c12-6-3-10(17)15(4-6)8-2-1-7-11(13-8)14-9(16)5-18-7;1-2/h1-2,6H,3-5,12H2,(H,13,14,16);1-2H3/t6-;/m1./s1. The lowest BCUT2D eigenvalue weighted by Crippen LogP contribution is -2.30. The van der Waals surface area contributed by atoms with Crippen molar-refractivity contribution in [3.8, 4) is 5.75 Å². The summed E-state index contributed by atoms with van der Waals surface area (Å²) in [6.07, 6.45) is 0.321. The lowest BCUT2D eigenvalue weighted by molar-refractivity contribution is -0.118. The molecule has 1 atom stereocenters. The predicted octanol–water partition coefficient (Wildman–Crippen LogP) is 0.503. The van der Waals surface area contributed by atoms with Gasteiger partial charge >= 0.3 is 0 Å². The molecule has 1 saturated heterocycles. The monoisotopic (exact) mass is 278 g/mol. The largest absolute Gasteiger partial charge is 0.480 e. The smallest absolute Gasteiger partial charge is 0.263 e. The van der Waals surface area contributed by atoms with Gasteiger partial charge in [0.25, 0.3) is 5.91 Å². The molecule has 3 heterocycles. The van der Waals surface area contributed by atoms with Crippen LogP contribution in [0.2, 0.25) is 0 Å². The fourth-order valence-electron chi connectivity index (χ4n) is 2.06. The van der Waals surface area contributed by atoms with Crippen LogP contribution in [0.25, 0.3) is 0 Å². The van der Waals surface area contributed by atoms with E-state index in [9.17, 15) is 9.59 Å². The fraction of sp³-hybridized carbons (Fsp3) is 0.462. The number of nitrogens with two attached hydrogens (primary N) is 1. The molecule has 0 spiro atoms. The van der Waals surface area contributed by atoms with Crippen LogP contribution in [-0.4, -0.2) is 36.0 Å². The van der Waals surface area contributed by atoms with E-state index in [1.807, 2.05) is 13.8 Å². The van der Waals surface area contributed by atoms with Gasteiger partial charge in [0.1, 0.15) is 5.82 Å². The predicted molar refractivity (Wildman–Crippen MR) is 74.7 cm³/mol. The van der Waals surface area contributed by atoms with Crippen molar-refractivity contribution in [1.82, 2.24) is 4.98 Å². The fourth-order valence-corrected chi connectivity index (χ4v) is 2.06. The van der Waals surface area contributed by atoms with Gasteiger partial charge in [0.2, 0.25) is 5.91 Å². The first-order chi connectivity index (χ1) is 9.63. The van der Waals surface area contributed by atoms with Crippen LogP contribution in [0.15, 0.2) is 12.1 Å². The molecule has 0 aromatic carbocycles. The lowest BCUT2D eigenvalue weighted by Gasteiger charge is -2.20. The van der Waals surface area contributed by atoms with Gasteiger partial charge in [0.15, 0.2) is 18.2 Å². The number of ether oxygens (including phenoxy) is 1. The summed E-state index contributed by atoms with van der Waals surface area (Å²) in [6.45, 7) is 4.43. The minimum atomic E-state index is -0.253. The number of anilines is 2. The number of rotatable bonds is 1. The number of amides is 2. The number of carbonyl (C=O) groups excluding carboxylic acids is 2. The first-order valence-electron chi connectivity index (χ1n) is 6.63. The van der Waals surface area contributed by atoms with Crippen LogP contribution in [-0.2, 0) is 9.59 Å². The van der Waals surface area contributed by atoms with E-state index >= 15 is 0 Å². The number of nitrogens with zero attached hydrogens (tertiary/aromatic N) is 2. The molecule has 0 saturated carbocycles. The SMILES string of the molecule is CC.N[C@@H]1CC(=O)N(c2ccc3c(n2)NC(=O)CO3)C1. The Morgan fingerprint density at radius 1 is 1.40 bits per heavy atom. The summed E-state index contributed by atoms with van der Waals surface area (Å²) >= 11 is 0. The Morgan fingerprint density at radius 3 is 2.80 bits per heavy atom. The number of aromatic nitrogens is 1. The molecular formula is C13H18N4O3. The summed E-state index contributed by atoms with van der Waals surface area (Å²) in [5, 5.41) is 2.61. The average Bonchev–Trinajstić information content (AvgIpc) is 2.79. The van der Waals surface area contributed by atoms with Gasteiger partial charge in [-0.3, -0.25) is 14.5 Å². The molecule has 0 unspecified atom stereocenters. The van der Waals surface area contributed by atoms with Gasteiger partial charge < -0.3 is 15.8 Å². The van der Waals surface area contributed by atoms with Crippen molar-refractivity contribution in [1.29, 1.82) is 0 Å². The Balaban J connectivity index is 0.000000704. The molecule has 3 N–H and O–H groups in total. The molecule has 108 valence electrons. The van der Waals surface area contributed by atoms with E-state index in [-0.39, 0.29) is 24.5 Å². The molecule has 2 aliphatic rings. The van der Waals surface area contributed by atoms with Crippen LogP contribution in [0, 0.1) is 0 Å². The van der Waals surface area contributed by atoms with Crippen LogP contribution in [0.3, 0.4) is 0 Å². The lowest BCUT2D eigenvalue weighted by atomic mass is 10.3. The molecule has 0 radical (unpaired) electrons. The van der Waals surface area contributed by atoms with E-state index in [0.29, 0.717) is 30.4 Å². The highest BCUT2D eigenvalue weighted by Crippen LogP contribution is 2.29. The zero-order valence-electron chi connectivity index (χ0n) is 11.5. The first kappa shape index (κ1) is 14.3. The van der Waals surface area contributed by atoms with Crippen molar-refractivity contribution in [2.75, 3.05) is 23.4 Å². The second-order valence-corrected chi connectivity index (χ2v) is 4.32. The van der Waals surface area contributed by atoms with Crippen LogP contribution in [0.1, 0.15) is 20.3 Å². The van der Waals surface area contributed by atoms with Crippen LogP contribution < -0.4 is 20.7 Å². The zero-order chi connectivity index (χ0) is 14.7.